The van der Waals surface area contributed by atoms with Crippen molar-refractivity contribution < 1.29 is 9.53 Å². The highest BCUT2D eigenvalue weighted by Gasteiger charge is 2.50. The summed E-state index contributed by atoms with van der Waals surface area (Å²) in [4.78, 5) is 14.6. The number of esters is 1. The van der Waals surface area contributed by atoms with E-state index in [1.807, 2.05) is 24.3 Å². The molecule has 3 heteroatoms. The molecule has 0 aromatic heterocycles. The maximum Gasteiger partial charge on any atom is 0.322 e. The van der Waals surface area contributed by atoms with E-state index in [2.05, 4.69) is 11.8 Å². The van der Waals surface area contributed by atoms with Gasteiger partial charge in [-0.3, -0.25) is 4.79 Å². The summed E-state index contributed by atoms with van der Waals surface area (Å²) in [7, 11) is 0. The highest BCUT2D eigenvalue weighted by molar-refractivity contribution is 5.90. The molecule has 1 aromatic rings. The predicted molar refractivity (Wildman–Crippen MR) is 65.1 cm³/mol. The molecule has 0 amide bonds. The normalized spacial score (nSPS) is 22.5. The number of hydrogen-bond donors (Lipinski definition) is 0. The van der Waals surface area contributed by atoms with Gasteiger partial charge in [-0.1, -0.05) is 25.1 Å². The largest absolute Gasteiger partial charge is 0.426 e. The predicted octanol–water partition coefficient (Wildman–Crippen LogP) is 1.96. The standard InChI is InChI=1S/C14H17NO2/c1-2-15-9-7-14(8-10-15)11-5-3-4-6-12(11)17-13(14)16/h3-6H,2,7-10H2,1H3. The Balaban J connectivity index is 1.95. The summed E-state index contributed by atoms with van der Waals surface area (Å²) < 4.78 is 5.41. The Morgan fingerprint density at radius 1 is 1.29 bits per heavy atom. The van der Waals surface area contributed by atoms with E-state index in [1.165, 1.54) is 0 Å². The number of carbonyl (C=O) groups excluding carboxylic acids is 1. The van der Waals surface area contributed by atoms with Gasteiger partial charge in [0.25, 0.3) is 0 Å². The molecule has 0 unspecified atom stereocenters. The second-order valence-electron chi connectivity index (χ2n) is 4.90. The minimum Gasteiger partial charge on any atom is -0.426 e. The molecule has 0 aliphatic carbocycles. The number of carbonyl (C=O) groups is 1. The van der Waals surface area contributed by atoms with Crippen LogP contribution in [0.5, 0.6) is 5.75 Å². The Hall–Kier alpha value is -1.35. The first-order valence-electron chi connectivity index (χ1n) is 6.30. The molecule has 2 aliphatic heterocycles. The van der Waals surface area contributed by atoms with Crippen molar-refractivity contribution >= 4 is 5.97 Å². The molecule has 1 aromatic carbocycles. The van der Waals surface area contributed by atoms with Crippen LogP contribution < -0.4 is 4.74 Å². The molecule has 2 aliphatic rings. The molecule has 1 spiro atoms. The van der Waals surface area contributed by atoms with Crippen LogP contribution in [-0.4, -0.2) is 30.5 Å². The smallest absolute Gasteiger partial charge is 0.322 e. The first-order valence-corrected chi connectivity index (χ1v) is 6.30. The summed E-state index contributed by atoms with van der Waals surface area (Å²) in [6.45, 7) is 5.20. The molecule has 17 heavy (non-hydrogen) atoms. The lowest BCUT2D eigenvalue weighted by atomic mass is 9.74. The molecule has 3 nitrogen and oxygen atoms in total. The number of hydrogen-bond acceptors (Lipinski definition) is 3. The number of piperidine rings is 1. The van der Waals surface area contributed by atoms with Crippen molar-refractivity contribution in [2.45, 2.75) is 25.2 Å². The fourth-order valence-electron chi connectivity index (χ4n) is 2.98. The number of ether oxygens (including phenoxy) is 1. The minimum absolute atomic E-state index is 0.0468. The molecule has 0 saturated carbocycles. The Morgan fingerprint density at radius 3 is 2.71 bits per heavy atom. The molecular formula is C14H17NO2. The third-order valence-electron chi connectivity index (χ3n) is 4.15. The summed E-state index contributed by atoms with van der Waals surface area (Å²) in [5.74, 6) is 0.719. The average molecular weight is 231 g/mol. The highest BCUT2D eigenvalue weighted by Crippen LogP contribution is 2.46. The van der Waals surface area contributed by atoms with E-state index >= 15 is 0 Å². The van der Waals surface area contributed by atoms with Crippen LogP contribution in [-0.2, 0) is 10.2 Å². The zero-order chi connectivity index (χ0) is 11.9. The van der Waals surface area contributed by atoms with Crippen molar-refractivity contribution in [2.75, 3.05) is 19.6 Å². The van der Waals surface area contributed by atoms with E-state index in [0.29, 0.717) is 0 Å². The maximum absolute atomic E-state index is 12.2. The number of nitrogens with zero attached hydrogens (tertiary/aromatic N) is 1. The van der Waals surface area contributed by atoms with E-state index in [0.717, 1.165) is 43.8 Å². The fourth-order valence-corrected chi connectivity index (χ4v) is 2.98. The SMILES string of the molecule is CCN1CCC2(CC1)C(=O)Oc1ccccc12. The van der Waals surface area contributed by atoms with Gasteiger partial charge in [0.2, 0.25) is 0 Å². The maximum atomic E-state index is 12.2. The van der Waals surface area contributed by atoms with E-state index in [4.69, 9.17) is 4.74 Å². The lowest BCUT2D eigenvalue weighted by Gasteiger charge is -2.36. The van der Waals surface area contributed by atoms with Crippen LogP contribution in [0.15, 0.2) is 24.3 Å². The van der Waals surface area contributed by atoms with Crippen LogP contribution in [0.2, 0.25) is 0 Å². The minimum atomic E-state index is -0.359. The molecule has 0 radical (unpaired) electrons. The van der Waals surface area contributed by atoms with Crippen LogP contribution in [0.25, 0.3) is 0 Å². The molecule has 0 bridgehead atoms. The third-order valence-corrected chi connectivity index (χ3v) is 4.15. The molecule has 2 heterocycles. The van der Waals surface area contributed by atoms with Crippen molar-refractivity contribution in [3.63, 3.8) is 0 Å². The van der Waals surface area contributed by atoms with Gasteiger partial charge in [-0.15, -0.1) is 0 Å². The molecular weight excluding hydrogens is 214 g/mol. The van der Waals surface area contributed by atoms with Gasteiger partial charge in [0.05, 0.1) is 5.41 Å². The number of rotatable bonds is 1. The van der Waals surface area contributed by atoms with Crippen LogP contribution in [0, 0.1) is 0 Å². The number of benzene rings is 1. The summed E-state index contributed by atoms with van der Waals surface area (Å²) in [6, 6.07) is 7.86. The Kier molecular flexibility index (Phi) is 2.44. The second-order valence-corrected chi connectivity index (χ2v) is 4.90. The Labute approximate surface area is 101 Å². The van der Waals surface area contributed by atoms with Gasteiger partial charge < -0.3 is 9.64 Å². The molecule has 1 fully saturated rings. The van der Waals surface area contributed by atoms with Gasteiger partial charge in [-0.2, -0.15) is 0 Å². The average Bonchev–Trinajstić information content (AvgIpc) is 2.64. The van der Waals surface area contributed by atoms with Crippen molar-refractivity contribution in [2.24, 2.45) is 0 Å². The quantitative estimate of drug-likeness (QED) is 0.546. The molecule has 0 N–H and O–H groups in total. The molecule has 0 atom stereocenters. The monoisotopic (exact) mass is 231 g/mol. The van der Waals surface area contributed by atoms with Gasteiger partial charge in [0.15, 0.2) is 0 Å². The highest BCUT2D eigenvalue weighted by atomic mass is 16.5. The van der Waals surface area contributed by atoms with Crippen LogP contribution in [0.3, 0.4) is 0 Å². The van der Waals surface area contributed by atoms with Gasteiger partial charge >= 0.3 is 5.97 Å². The number of fused-ring (bicyclic) bond motifs is 2. The second kappa shape index (κ2) is 3.84. The van der Waals surface area contributed by atoms with E-state index in [-0.39, 0.29) is 11.4 Å². The van der Waals surface area contributed by atoms with E-state index in [1.54, 1.807) is 0 Å². The van der Waals surface area contributed by atoms with Gasteiger partial charge in [0.1, 0.15) is 5.75 Å². The third kappa shape index (κ3) is 1.49. The summed E-state index contributed by atoms with van der Waals surface area (Å²) in [5.41, 5.74) is 0.739. The topological polar surface area (TPSA) is 29.5 Å². The van der Waals surface area contributed by atoms with Crippen LogP contribution in [0.4, 0.5) is 0 Å². The summed E-state index contributed by atoms with van der Waals surface area (Å²) in [5, 5.41) is 0. The van der Waals surface area contributed by atoms with Crippen LogP contribution >= 0.6 is 0 Å². The van der Waals surface area contributed by atoms with E-state index in [9.17, 15) is 4.79 Å². The lowest BCUT2D eigenvalue weighted by molar-refractivity contribution is -0.140. The first-order chi connectivity index (χ1) is 8.26. The zero-order valence-corrected chi connectivity index (χ0v) is 10.1. The van der Waals surface area contributed by atoms with E-state index < -0.39 is 0 Å². The van der Waals surface area contributed by atoms with Gasteiger partial charge in [0, 0.05) is 5.56 Å². The van der Waals surface area contributed by atoms with Crippen LogP contribution in [0.1, 0.15) is 25.3 Å². The Bertz CT molecular complexity index is 447. The van der Waals surface area contributed by atoms with Crippen molar-refractivity contribution in [1.29, 1.82) is 0 Å². The Morgan fingerprint density at radius 2 is 2.00 bits per heavy atom. The lowest BCUT2D eigenvalue weighted by Crippen LogP contribution is -2.46. The van der Waals surface area contributed by atoms with Crippen molar-refractivity contribution in [3.8, 4) is 5.75 Å². The zero-order valence-electron chi connectivity index (χ0n) is 10.1. The fraction of sp³-hybridized carbons (Fsp3) is 0.500. The number of para-hydroxylation sites is 1. The van der Waals surface area contributed by atoms with Crippen molar-refractivity contribution in [3.05, 3.63) is 29.8 Å². The molecule has 1 saturated heterocycles. The summed E-state index contributed by atoms with van der Waals surface area (Å²) in [6.07, 6.45) is 1.77. The molecule has 3 rings (SSSR count). The first kappa shape index (κ1) is 10.8. The van der Waals surface area contributed by atoms with Crippen molar-refractivity contribution in [1.82, 2.24) is 4.90 Å². The van der Waals surface area contributed by atoms with Gasteiger partial charge in [-0.25, -0.2) is 0 Å². The van der Waals surface area contributed by atoms with Gasteiger partial charge in [-0.05, 0) is 38.5 Å². The summed E-state index contributed by atoms with van der Waals surface area (Å²) >= 11 is 0. The number of likely N-dealkylation sites (tertiary alicyclic amines) is 1. The molecule has 90 valence electrons.